The van der Waals surface area contributed by atoms with Gasteiger partial charge in [0.25, 0.3) is 10.0 Å². The van der Waals surface area contributed by atoms with Gasteiger partial charge in [-0.3, -0.25) is 13.9 Å². The summed E-state index contributed by atoms with van der Waals surface area (Å²) in [6, 6.07) is 21.0. The SMILES string of the molecule is Cc1ccc(CN(C(=O)CN(c2ccc(C(C)C)cc2)S(=O)(=O)c2ccc(C)cc2)[C@@H](C)C(=O)NC2CCCC2)cc1. The van der Waals surface area contributed by atoms with Crippen LogP contribution in [0.5, 0.6) is 0 Å². The monoisotopic (exact) mass is 589 g/mol. The number of hydrogen-bond donors (Lipinski definition) is 1. The first kappa shape index (κ1) is 31.3. The van der Waals surface area contributed by atoms with Gasteiger partial charge in [-0.1, -0.05) is 86.3 Å². The van der Waals surface area contributed by atoms with E-state index in [9.17, 15) is 18.0 Å². The molecule has 0 aliphatic heterocycles. The van der Waals surface area contributed by atoms with Crippen LogP contribution in [-0.4, -0.2) is 43.8 Å². The van der Waals surface area contributed by atoms with E-state index in [1.54, 1.807) is 43.3 Å². The molecule has 1 atom stereocenters. The molecule has 1 N–H and O–H groups in total. The summed E-state index contributed by atoms with van der Waals surface area (Å²) in [6.07, 6.45) is 4.01. The lowest BCUT2D eigenvalue weighted by atomic mass is 10.0. The highest BCUT2D eigenvalue weighted by molar-refractivity contribution is 7.92. The lowest BCUT2D eigenvalue weighted by molar-refractivity contribution is -0.139. The van der Waals surface area contributed by atoms with E-state index in [1.165, 1.54) is 4.90 Å². The number of carbonyl (C=O) groups excluding carboxylic acids is 2. The van der Waals surface area contributed by atoms with Gasteiger partial charge in [-0.05, 0) is 74.9 Å². The van der Waals surface area contributed by atoms with Crippen molar-refractivity contribution in [3.05, 3.63) is 95.1 Å². The van der Waals surface area contributed by atoms with E-state index in [1.807, 2.05) is 50.2 Å². The Morgan fingerprint density at radius 1 is 0.833 bits per heavy atom. The van der Waals surface area contributed by atoms with Crippen molar-refractivity contribution in [3.63, 3.8) is 0 Å². The molecule has 0 radical (unpaired) electrons. The first-order valence-electron chi connectivity index (χ1n) is 14.8. The normalized spacial score (nSPS) is 14.5. The zero-order chi connectivity index (χ0) is 30.4. The number of rotatable bonds is 11. The molecule has 0 unspecified atom stereocenters. The smallest absolute Gasteiger partial charge is 0.264 e. The number of aryl methyl sites for hydroxylation is 2. The molecular weight excluding hydrogens is 546 g/mol. The Morgan fingerprint density at radius 3 is 1.93 bits per heavy atom. The Labute approximate surface area is 251 Å². The molecule has 0 spiro atoms. The van der Waals surface area contributed by atoms with Gasteiger partial charge >= 0.3 is 0 Å². The predicted octanol–water partition coefficient (Wildman–Crippen LogP) is 6.10. The molecule has 3 aromatic carbocycles. The minimum absolute atomic E-state index is 0.103. The van der Waals surface area contributed by atoms with Crippen LogP contribution in [0.3, 0.4) is 0 Å². The van der Waals surface area contributed by atoms with Crippen LogP contribution in [0.4, 0.5) is 5.69 Å². The quantitative estimate of drug-likeness (QED) is 0.293. The van der Waals surface area contributed by atoms with Gasteiger partial charge in [0.05, 0.1) is 10.6 Å². The maximum Gasteiger partial charge on any atom is 0.264 e. The summed E-state index contributed by atoms with van der Waals surface area (Å²) in [6.45, 7) is 9.48. The van der Waals surface area contributed by atoms with E-state index in [2.05, 4.69) is 19.2 Å². The minimum atomic E-state index is -4.09. The van der Waals surface area contributed by atoms with Gasteiger partial charge in [-0.2, -0.15) is 0 Å². The lowest BCUT2D eigenvalue weighted by Gasteiger charge is -2.32. The van der Waals surface area contributed by atoms with Gasteiger partial charge in [-0.25, -0.2) is 8.42 Å². The summed E-state index contributed by atoms with van der Waals surface area (Å²) in [5.74, 6) is -0.406. The Morgan fingerprint density at radius 2 is 1.38 bits per heavy atom. The second-order valence-electron chi connectivity index (χ2n) is 11.7. The van der Waals surface area contributed by atoms with Gasteiger partial charge in [0.1, 0.15) is 12.6 Å². The number of carbonyl (C=O) groups is 2. The average Bonchev–Trinajstić information content (AvgIpc) is 3.48. The fraction of sp³-hybridized carbons (Fsp3) is 0.412. The van der Waals surface area contributed by atoms with Crippen LogP contribution in [0.2, 0.25) is 0 Å². The second-order valence-corrected chi connectivity index (χ2v) is 13.6. The summed E-state index contributed by atoms with van der Waals surface area (Å²) in [4.78, 5) is 29.1. The molecule has 3 aromatic rings. The molecule has 0 aromatic heterocycles. The van der Waals surface area contributed by atoms with Gasteiger partial charge in [0.15, 0.2) is 0 Å². The molecule has 1 aliphatic carbocycles. The molecule has 224 valence electrons. The first-order valence-corrected chi connectivity index (χ1v) is 16.2. The predicted molar refractivity (Wildman–Crippen MR) is 168 cm³/mol. The van der Waals surface area contributed by atoms with Crippen LogP contribution in [0, 0.1) is 13.8 Å². The third kappa shape index (κ3) is 7.59. The van der Waals surface area contributed by atoms with Crippen LogP contribution in [-0.2, 0) is 26.2 Å². The molecular formula is C34H43N3O4S. The summed E-state index contributed by atoms with van der Waals surface area (Å²) in [5.41, 5.74) is 4.35. The number of benzene rings is 3. The molecule has 42 heavy (non-hydrogen) atoms. The summed E-state index contributed by atoms with van der Waals surface area (Å²) < 4.78 is 29.2. The van der Waals surface area contributed by atoms with E-state index in [-0.39, 0.29) is 29.3 Å². The number of amides is 2. The van der Waals surface area contributed by atoms with E-state index < -0.39 is 28.5 Å². The average molecular weight is 590 g/mol. The Hall–Kier alpha value is -3.65. The number of nitrogens with zero attached hydrogens (tertiary/aromatic N) is 2. The van der Waals surface area contributed by atoms with Crippen molar-refractivity contribution < 1.29 is 18.0 Å². The minimum Gasteiger partial charge on any atom is -0.352 e. The van der Waals surface area contributed by atoms with Crippen molar-refractivity contribution in [1.82, 2.24) is 10.2 Å². The number of anilines is 1. The van der Waals surface area contributed by atoms with Gasteiger partial charge in [0.2, 0.25) is 11.8 Å². The van der Waals surface area contributed by atoms with E-state index >= 15 is 0 Å². The number of sulfonamides is 1. The van der Waals surface area contributed by atoms with Crippen molar-refractivity contribution in [2.75, 3.05) is 10.8 Å². The maximum absolute atomic E-state index is 14.1. The summed E-state index contributed by atoms with van der Waals surface area (Å²) >= 11 is 0. The van der Waals surface area contributed by atoms with E-state index in [0.717, 1.165) is 52.2 Å². The Balaban J connectivity index is 1.69. The van der Waals surface area contributed by atoms with Crippen molar-refractivity contribution >= 4 is 27.5 Å². The second kappa shape index (κ2) is 13.6. The molecule has 1 aliphatic rings. The fourth-order valence-corrected chi connectivity index (χ4v) is 6.67. The third-order valence-corrected chi connectivity index (χ3v) is 9.87. The molecule has 1 fully saturated rings. The molecule has 7 nitrogen and oxygen atoms in total. The Bertz CT molecular complexity index is 1460. The van der Waals surface area contributed by atoms with Crippen molar-refractivity contribution in [2.45, 2.75) is 89.7 Å². The largest absolute Gasteiger partial charge is 0.352 e. The van der Waals surface area contributed by atoms with Gasteiger partial charge in [0, 0.05) is 12.6 Å². The molecule has 0 saturated heterocycles. The van der Waals surface area contributed by atoms with Crippen LogP contribution < -0.4 is 9.62 Å². The van der Waals surface area contributed by atoms with Crippen LogP contribution in [0.15, 0.2) is 77.7 Å². The van der Waals surface area contributed by atoms with Crippen molar-refractivity contribution in [2.24, 2.45) is 0 Å². The third-order valence-electron chi connectivity index (χ3n) is 8.08. The van der Waals surface area contributed by atoms with E-state index in [4.69, 9.17) is 0 Å². The first-order chi connectivity index (χ1) is 20.0. The number of nitrogens with one attached hydrogen (secondary N) is 1. The van der Waals surface area contributed by atoms with Gasteiger partial charge < -0.3 is 10.2 Å². The van der Waals surface area contributed by atoms with Crippen molar-refractivity contribution in [3.8, 4) is 0 Å². The molecule has 0 heterocycles. The zero-order valence-corrected chi connectivity index (χ0v) is 26.2. The molecule has 8 heteroatoms. The molecule has 2 amide bonds. The van der Waals surface area contributed by atoms with Crippen molar-refractivity contribution in [1.29, 1.82) is 0 Å². The number of hydrogen-bond acceptors (Lipinski definition) is 4. The maximum atomic E-state index is 14.1. The fourth-order valence-electron chi connectivity index (χ4n) is 5.26. The summed E-state index contributed by atoms with van der Waals surface area (Å²) in [5, 5.41) is 3.11. The van der Waals surface area contributed by atoms with Crippen LogP contribution in [0.25, 0.3) is 0 Å². The highest BCUT2D eigenvalue weighted by Gasteiger charge is 2.33. The highest BCUT2D eigenvalue weighted by atomic mass is 32.2. The topological polar surface area (TPSA) is 86.8 Å². The summed E-state index contributed by atoms with van der Waals surface area (Å²) in [7, 11) is -4.09. The standard InChI is InChI=1S/C34H43N3O4S/c1-24(2)29-16-18-31(19-17-29)37(42(40,41)32-20-12-26(4)13-21-32)23-33(38)36(22-28-14-10-25(3)11-15-28)27(5)34(39)35-30-8-6-7-9-30/h10-21,24,27,30H,6-9,22-23H2,1-5H3,(H,35,39)/t27-/m0/s1. The highest BCUT2D eigenvalue weighted by Crippen LogP contribution is 2.27. The molecule has 0 bridgehead atoms. The molecule has 4 rings (SSSR count). The van der Waals surface area contributed by atoms with Gasteiger partial charge in [-0.15, -0.1) is 0 Å². The van der Waals surface area contributed by atoms with Crippen LogP contribution in [0.1, 0.15) is 74.6 Å². The zero-order valence-electron chi connectivity index (χ0n) is 25.3. The Kier molecular flexibility index (Phi) is 10.1. The van der Waals surface area contributed by atoms with Crippen LogP contribution >= 0.6 is 0 Å². The lowest BCUT2D eigenvalue weighted by Crippen LogP contribution is -2.52. The molecule has 1 saturated carbocycles. The van der Waals surface area contributed by atoms with E-state index in [0.29, 0.717) is 5.69 Å².